The Kier molecular flexibility index (Phi) is 7.39. The van der Waals surface area contributed by atoms with Gasteiger partial charge < -0.3 is 9.32 Å². The fourth-order valence-corrected chi connectivity index (χ4v) is 9.56. The number of benzene rings is 9. The Hall–Kier alpha value is -6.94. The van der Waals surface area contributed by atoms with Crippen LogP contribution in [0.2, 0.25) is 0 Å². The standard InChI is InChI=1S/C52H33NOS/c1-3-15-34(16-4-1)37-31-32-46(40-20-8-7-19-38(37)40)53(47-25-13-24-43-41-21-9-11-26-48(41)54-52(43)47)36-29-30-39(45(33-36)35-17-5-2-6-18-35)42-23-14-28-50-51(42)44-22-10-12-27-49(44)55-50/h1-33H. The highest BCUT2D eigenvalue weighted by Crippen LogP contribution is 2.49. The van der Waals surface area contributed by atoms with Crippen LogP contribution in [0.5, 0.6) is 0 Å². The van der Waals surface area contributed by atoms with Crippen LogP contribution in [0.3, 0.4) is 0 Å². The quantitative estimate of drug-likeness (QED) is 0.170. The van der Waals surface area contributed by atoms with Crippen LogP contribution >= 0.6 is 11.3 Å². The summed E-state index contributed by atoms with van der Waals surface area (Å²) in [6.45, 7) is 0. The number of nitrogens with zero attached hydrogens (tertiary/aromatic N) is 1. The minimum Gasteiger partial charge on any atom is -0.454 e. The fourth-order valence-electron chi connectivity index (χ4n) is 8.43. The smallest absolute Gasteiger partial charge is 0.159 e. The average Bonchev–Trinajstić information content (AvgIpc) is 3.84. The van der Waals surface area contributed by atoms with Crippen molar-refractivity contribution in [2.24, 2.45) is 0 Å². The summed E-state index contributed by atoms with van der Waals surface area (Å²) in [6, 6.07) is 72.2. The maximum absolute atomic E-state index is 6.76. The third-order valence-corrected chi connectivity index (χ3v) is 12.0. The van der Waals surface area contributed by atoms with E-state index in [1.54, 1.807) is 0 Å². The van der Waals surface area contributed by atoms with E-state index in [0.29, 0.717) is 0 Å². The highest BCUT2D eigenvalue weighted by atomic mass is 32.1. The highest BCUT2D eigenvalue weighted by molar-refractivity contribution is 7.25. The number of furan rings is 1. The van der Waals surface area contributed by atoms with Crippen molar-refractivity contribution >= 4 is 81.3 Å². The van der Waals surface area contributed by atoms with Crippen molar-refractivity contribution in [1.29, 1.82) is 0 Å². The molecule has 0 atom stereocenters. The first-order valence-corrected chi connectivity index (χ1v) is 19.5. The zero-order valence-corrected chi connectivity index (χ0v) is 30.6. The molecule has 9 aromatic carbocycles. The number of rotatable bonds is 6. The molecule has 0 saturated carbocycles. The molecule has 2 nitrogen and oxygen atoms in total. The van der Waals surface area contributed by atoms with Crippen LogP contribution in [0.25, 0.3) is 86.3 Å². The van der Waals surface area contributed by atoms with Gasteiger partial charge in [0.1, 0.15) is 5.58 Å². The average molecular weight is 720 g/mol. The van der Waals surface area contributed by atoms with Crippen LogP contribution in [0.4, 0.5) is 17.1 Å². The second-order valence-corrected chi connectivity index (χ2v) is 15.1. The summed E-state index contributed by atoms with van der Waals surface area (Å²) in [4.78, 5) is 2.40. The summed E-state index contributed by atoms with van der Waals surface area (Å²) >= 11 is 1.86. The lowest BCUT2D eigenvalue weighted by Crippen LogP contribution is -2.11. The monoisotopic (exact) mass is 719 g/mol. The summed E-state index contributed by atoms with van der Waals surface area (Å²) < 4.78 is 9.36. The van der Waals surface area contributed by atoms with Crippen LogP contribution in [0.1, 0.15) is 0 Å². The minimum atomic E-state index is 0.861. The highest BCUT2D eigenvalue weighted by Gasteiger charge is 2.24. The number of hydrogen-bond acceptors (Lipinski definition) is 3. The van der Waals surface area contributed by atoms with E-state index in [1.807, 2.05) is 17.4 Å². The van der Waals surface area contributed by atoms with Gasteiger partial charge in [-0.15, -0.1) is 11.3 Å². The van der Waals surface area contributed by atoms with Crippen molar-refractivity contribution in [2.45, 2.75) is 0 Å². The number of thiophene rings is 1. The van der Waals surface area contributed by atoms with Crippen molar-refractivity contribution in [3.05, 3.63) is 200 Å². The second kappa shape index (κ2) is 12.9. The van der Waals surface area contributed by atoms with Crippen LogP contribution < -0.4 is 4.90 Å². The van der Waals surface area contributed by atoms with Crippen molar-refractivity contribution < 1.29 is 4.42 Å². The van der Waals surface area contributed by atoms with Crippen molar-refractivity contribution in [3.8, 4) is 33.4 Å². The van der Waals surface area contributed by atoms with E-state index in [0.717, 1.165) is 44.4 Å². The second-order valence-electron chi connectivity index (χ2n) is 14.0. The Morgan fingerprint density at radius 2 is 0.982 bits per heavy atom. The van der Waals surface area contributed by atoms with E-state index >= 15 is 0 Å². The molecule has 0 spiro atoms. The van der Waals surface area contributed by atoms with E-state index in [1.165, 1.54) is 58.9 Å². The van der Waals surface area contributed by atoms with E-state index in [4.69, 9.17) is 4.42 Å². The van der Waals surface area contributed by atoms with Gasteiger partial charge in [-0.2, -0.15) is 0 Å². The zero-order valence-electron chi connectivity index (χ0n) is 29.8. The first-order valence-electron chi connectivity index (χ1n) is 18.7. The largest absolute Gasteiger partial charge is 0.454 e. The van der Waals surface area contributed by atoms with Gasteiger partial charge in [0.2, 0.25) is 0 Å². The molecule has 0 radical (unpaired) electrons. The first kappa shape index (κ1) is 31.6. The summed E-state index contributed by atoms with van der Waals surface area (Å²) in [6.07, 6.45) is 0. The lowest BCUT2D eigenvalue weighted by molar-refractivity contribution is 0.669. The summed E-state index contributed by atoms with van der Waals surface area (Å²) in [5.74, 6) is 0. The first-order chi connectivity index (χ1) is 27.3. The molecule has 0 aliphatic carbocycles. The molecule has 11 aromatic rings. The van der Waals surface area contributed by atoms with Crippen LogP contribution in [-0.2, 0) is 0 Å². The minimum absolute atomic E-state index is 0.861. The Bertz CT molecular complexity index is 3210. The number of fused-ring (bicyclic) bond motifs is 7. The number of para-hydroxylation sites is 2. The lowest BCUT2D eigenvalue weighted by atomic mass is 9.91. The Morgan fingerprint density at radius 1 is 0.364 bits per heavy atom. The van der Waals surface area contributed by atoms with Gasteiger partial charge in [-0.3, -0.25) is 0 Å². The van der Waals surface area contributed by atoms with E-state index < -0.39 is 0 Å². The Balaban J connectivity index is 1.21. The van der Waals surface area contributed by atoms with Crippen LogP contribution in [0.15, 0.2) is 205 Å². The lowest BCUT2D eigenvalue weighted by Gasteiger charge is -2.28. The predicted molar refractivity (Wildman–Crippen MR) is 235 cm³/mol. The molecule has 55 heavy (non-hydrogen) atoms. The predicted octanol–water partition coefficient (Wildman–Crippen LogP) is 15.6. The van der Waals surface area contributed by atoms with Gasteiger partial charge in [0.25, 0.3) is 0 Å². The molecule has 0 N–H and O–H groups in total. The normalized spacial score (nSPS) is 11.6. The molecule has 0 fully saturated rings. The summed E-state index contributed by atoms with van der Waals surface area (Å²) in [5.41, 5.74) is 12.1. The van der Waals surface area contributed by atoms with Crippen molar-refractivity contribution in [1.82, 2.24) is 0 Å². The molecule has 11 rings (SSSR count). The number of anilines is 3. The van der Waals surface area contributed by atoms with Gasteiger partial charge in [-0.05, 0) is 81.2 Å². The van der Waals surface area contributed by atoms with Gasteiger partial charge in [0, 0.05) is 42.0 Å². The number of hydrogen-bond donors (Lipinski definition) is 0. The molecule has 3 heteroatoms. The third kappa shape index (κ3) is 5.16. The molecular weight excluding hydrogens is 687 g/mol. The van der Waals surface area contributed by atoms with Crippen LogP contribution in [-0.4, -0.2) is 0 Å². The molecule has 0 amide bonds. The molecule has 0 unspecified atom stereocenters. The topological polar surface area (TPSA) is 16.4 Å². The van der Waals surface area contributed by atoms with Gasteiger partial charge in [-0.1, -0.05) is 158 Å². The molecule has 0 bridgehead atoms. The molecule has 258 valence electrons. The SMILES string of the molecule is c1ccc(-c2cc(N(c3ccc(-c4ccccc4)c4ccccc34)c3cccc4c3oc3ccccc34)ccc2-c2cccc3sc4ccccc4c23)cc1. The Morgan fingerprint density at radius 3 is 1.80 bits per heavy atom. The van der Waals surface area contributed by atoms with Gasteiger partial charge >= 0.3 is 0 Å². The van der Waals surface area contributed by atoms with Gasteiger partial charge in [0.15, 0.2) is 5.58 Å². The van der Waals surface area contributed by atoms with Crippen molar-refractivity contribution in [2.75, 3.05) is 4.90 Å². The molecule has 0 aliphatic rings. The van der Waals surface area contributed by atoms with Crippen molar-refractivity contribution in [3.63, 3.8) is 0 Å². The van der Waals surface area contributed by atoms with Gasteiger partial charge in [0.05, 0.1) is 11.4 Å². The maximum atomic E-state index is 6.76. The maximum Gasteiger partial charge on any atom is 0.159 e. The van der Waals surface area contributed by atoms with E-state index in [-0.39, 0.29) is 0 Å². The molecule has 0 saturated heterocycles. The Labute approximate surface area is 322 Å². The molecule has 2 aromatic heterocycles. The summed E-state index contributed by atoms with van der Waals surface area (Å²) in [7, 11) is 0. The fraction of sp³-hybridized carbons (Fsp3) is 0. The summed E-state index contributed by atoms with van der Waals surface area (Å²) in [5, 5.41) is 7.17. The van der Waals surface area contributed by atoms with E-state index in [9.17, 15) is 0 Å². The van der Waals surface area contributed by atoms with Crippen LogP contribution in [0, 0.1) is 0 Å². The van der Waals surface area contributed by atoms with Gasteiger partial charge in [-0.25, -0.2) is 0 Å². The molecule has 0 aliphatic heterocycles. The molecular formula is C52H33NOS. The van der Waals surface area contributed by atoms with E-state index in [2.05, 4.69) is 199 Å². The molecule has 2 heterocycles. The zero-order chi connectivity index (χ0) is 36.3. The third-order valence-electron chi connectivity index (χ3n) is 10.9.